The lowest BCUT2D eigenvalue weighted by Crippen LogP contribution is -2.27. The first-order valence-corrected chi connectivity index (χ1v) is 6.07. The van der Waals surface area contributed by atoms with Crippen LogP contribution in [-0.4, -0.2) is 20.5 Å². The van der Waals surface area contributed by atoms with Crippen LogP contribution in [0.1, 0.15) is 33.5 Å². The van der Waals surface area contributed by atoms with Crippen molar-refractivity contribution in [1.82, 2.24) is 14.6 Å². The molecular weight excluding hydrogens is 228 g/mol. The second-order valence-corrected chi connectivity index (χ2v) is 5.28. The van der Waals surface area contributed by atoms with Crippen molar-refractivity contribution in [2.45, 2.75) is 34.1 Å². The Morgan fingerprint density at radius 2 is 2.17 bits per heavy atom. The molecule has 0 bridgehead atoms. The monoisotopic (exact) mass is 246 g/mol. The number of carbonyl (C=O) groups excluding carboxylic acids is 1. The maximum Gasteiger partial charge on any atom is 0.229 e. The minimum Gasteiger partial charge on any atom is -0.322 e. The molecule has 2 aromatic rings. The molecule has 2 aromatic heterocycles. The number of hydrogen-bond donors (Lipinski definition) is 1. The van der Waals surface area contributed by atoms with Gasteiger partial charge in [0.2, 0.25) is 5.91 Å². The van der Waals surface area contributed by atoms with Crippen molar-refractivity contribution >= 4 is 17.2 Å². The van der Waals surface area contributed by atoms with Crippen LogP contribution in [0.2, 0.25) is 0 Å². The molecule has 0 aliphatic heterocycles. The molecule has 0 fully saturated rings. The minimum atomic E-state index is -0.430. The van der Waals surface area contributed by atoms with Gasteiger partial charge in [-0.3, -0.25) is 4.79 Å². The van der Waals surface area contributed by atoms with Gasteiger partial charge in [-0.25, -0.2) is 9.50 Å². The molecule has 0 atom stereocenters. The number of hydrogen-bond acceptors (Lipinski definition) is 3. The highest BCUT2D eigenvalue weighted by atomic mass is 16.2. The third kappa shape index (κ3) is 2.34. The van der Waals surface area contributed by atoms with Gasteiger partial charge in [-0.2, -0.15) is 5.10 Å². The molecule has 96 valence electrons. The number of anilines is 1. The van der Waals surface area contributed by atoms with E-state index in [1.807, 2.05) is 46.0 Å². The first-order chi connectivity index (χ1) is 8.41. The number of nitrogens with zero attached hydrogens (tertiary/aromatic N) is 3. The lowest BCUT2D eigenvalue weighted by Gasteiger charge is -2.17. The smallest absolute Gasteiger partial charge is 0.229 e. The van der Waals surface area contributed by atoms with E-state index in [0.29, 0.717) is 11.3 Å². The van der Waals surface area contributed by atoms with Crippen LogP contribution in [-0.2, 0) is 11.2 Å². The zero-order valence-corrected chi connectivity index (χ0v) is 11.2. The molecule has 0 spiro atoms. The summed E-state index contributed by atoms with van der Waals surface area (Å²) in [5, 5.41) is 7.22. The van der Waals surface area contributed by atoms with Crippen LogP contribution in [0.5, 0.6) is 0 Å². The summed E-state index contributed by atoms with van der Waals surface area (Å²) >= 11 is 0. The maximum absolute atomic E-state index is 12.0. The average Bonchev–Trinajstić information content (AvgIpc) is 2.71. The van der Waals surface area contributed by atoms with Gasteiger partial charge in [0.25, 0.3) is 0 Å². The van der Waals surface area contributed by atoms with E-state index in [4.69, 9.17) is 0 Å². The predicted molar refractivity (Wildman–Crippen MR) is 70.4 cm³/mol. The molecule has 0 unspecified atom stereocenters. The average molecular weight is 246 g/mol. The van der Waals surface area contributed by atoms with Gasteiger partial charge >= 0.3 is 0 Å². The number of aromatic nitrogens is 3. The van der Waals surface area contributed by atoms with Crippen LogP contribution in [0.25, 0.3) is 5.65 Å². The van der Waals surface area contributed by atoms with Gasteiger partial charge in [-0.05, 0) is 12.1 Å². The van der Waals surface area contributed by atoms with Crippen molar-refractivity contribution in [3.63, 3.8) is 0 Å². The standard InChI is InChI=1S/C13H18N4O/c1-5-10-15-11-9(7-6-8-17(11)16-10)14-12(18)13(2,3)4/h6-8H,5H2,1-4H3,(H,14,18). The van der Waals surface area contributed by atoms with Gasteiger partial charge in [0, 0.05) is 18.0 Å². The summed E-state index contributed by atoms with van der Waals surface area (Å²) in [5.41, 5.74) is 0.956. The summed E-state index contributed by atoms with van der Waals surface area (Å²) in [6.07, 6.45) is 2.60. The molecular formula is C13H18N4O. The van der Waals surface area contributed by atoms with Crippen LogP contribution in [0, 0.1) is 5.41 Å². The Balaban J connectivity index is 2.39. The Labute approximate surface area is 106 Å². The van der Waals surface area contributed by atoms with E-state index in [0.717, 1.165) is 12.2 Å². The Morgan fingerprint density at radius 3 is 2.78 bits per heavy atom. The lowest BCUT2D eigenvalue weighted by molar-refractivity contribution is -0.123. The molecule has 2 heterocycles. The summed E-state index contributed by atoms with van der Waals surface area (Å²) in [5.74, 6) is 0.740. The number of carbonyl (C=O) groups is 1. The Bertz CT molecular complexity index is 580. The largest absolute Gasteiger partial charge is 0.322 e. The summed E-state index contributed by atoms with van der Waals surface area (Å²) < 4.78 is 1.69. The molecule has 0 aliphatic rings. The molecule has 1 N–H and O–H groups in total. The number of aryl methyl sites for hydroxylation is 1. The van der Waals surface area contributed by atoms with Crippen LogP contribution >= 0.6 is 0 Å². The lowest BCUT2D eigenvalue weighted by atomic mass is 9.95. The highest BCUT2D eigenvalue weighted by Crippen LogP contribution is 2.20. The van der Waals surface area contributed by atoms with E-state index in [-0.39, 0.29) is 5.91 Å². The van der Waals surface area contributed by atoms with Crippen molar-refractivity contribution in [2.75, 3.05) is 5.32 Å². The number of amides is 1. The Morgan fingerprint density at radius 1 is 1.44 bits per heavy atom. The third-order valence-electron chi connectivity index (χ3n) is 2.65. The van der Waals surface area contributed by atoms with Gasteiger partial charge in [-0.15, -0.1) is 0 Å². The van der Waals surface area contributed by atoms with Gasteiger partial charge in [0.15, 0.2) is 11.5 Å². The summed E-state index contributed by atoms with van der Waals surface area (Å²) in [4.78, 5) is 16.4. The van der Waals surface area contributed by atoms with E-state index in [1.54, 1.807) is 4.52 Å². The summed E-state index contributed by atoms with van der Waals surface area (Å²) in [7, 11) is 0. The summed E-state index contributed by atoms with van der Waals surface area (Å²) in [6.45, 7) is 7.64. The highest BCUT2D eigenvalue weighted by Gasteiger charge is 2.22. The molecule has 5 nitrogen and oxygen atoms in total. The molecule has 0 radical (unpaired) electrons. The van der Waals surface area contributed by atoms with Gasteiger partial charge in [0.1, 0.15) is 0 Å². The van der Waals surface area contributed by atoms with E-state index >= 15 is 0 Å². The second-order valence-electron chi connectivity index (χ2n) is 5.28. The number of pyridine rings is 1. The minimum absolute atomic E-state index is 0.0309. The Kier molecular flexibility index (Phi) is 3.07. The summed E-state index contributed by atoms with van der Waals surface area (Å²) in [6, 6.07) is 3.69. The van der Waals surface area contributed by atoms with E-state index in [9.17, 15) is 4.79 Å². The van der Waals surface area contributed by atoms with Gasteiger partial charge < -0.3 is 5.32 Å². The molecule has 0 saturated carbocycles. The zero-order valence-electron chi connectivity index (χ0n) is 11.2. The molecule has 1 amide bonds. The molecule has 18 heavy (non-hydrogen) atoms. The molecule has 0 aliphatic carbocycles. The van der Waals surface area contributed by atoms with Crippen LogP contribution in [0.15, 0.2) is 18.3 Å². The van der Waals surface area contributed by atoms with Crippen LogP contribution in [0.4, 0.5) is 5.69 Å². The zero-order chi connectivity index (χ0) is 13.3. The quantitative estimate of drug-likeness (QED) is 0.884. The third-order valence-corrected chi connectivity index (χ3v) is 2.65. The fourth-order valence-electron chi connectivity index (χ4n) is 1.51. The van der Waals surface area contributed by atoms with E-state index < -0.39 is 5.41 Å². The van der Waals surface area contributed by atoms with Crippen molar-refractivity contribution in [3.05, 3.63) is 24.2 Å². The van der Waals surface area contributed by atoms with Crippen LogP contribution in [0.3, 0.4) is 0 Å². The van der Waals surface area contributed by atoms with E-state index in [1.165, 1.54) is 0 Å². The SMILES string of the molecule is CCc1nc2c(NC(=O)C(C)(C)C)cccn2n1. The van der Waals surface area contributed by atoms with Gasteiger partial charge in [-0.1, -0.05) is 27.7 Å². The number of rotatable bonds is 2. The first kappa shape index (κ1) is 12.5. The number of nitrogens with one attached hydrogen (secondary N) is 1. The topological polar surface area (TPSA) is 59.3 Å². The molecule has 0 aromatic carbocycles. The van der Waals surface area contributed by atoms with E-state index in [2.05, 4.69) is 15.4 Å². The van der Waals surface area contributed by atoms with Crippen molar-refractivity contribution in [3.8, 4) is 0 Å². The second kappa shape index (κ2) is 4.40. The normalized spacial score (nSPS) is 11.8. The highest BCUT2D eigenvalue weighted by molar-refractivity contribution is 5.97. The molecule has 0 saturated heterocycles. The molecule has 2 rings (SSSR count). The fourth-order valence-corrected chi connectivity index (χ4v) is 1.51. The van der Waals surface area contributed by atoms with Crippen LogP contribution < -0.4 is 5.32 Å². The van der Waals surface area contributed by atoms with Gasteiger partial charge in [0.05, 0.1) is 5.69 Å². The molecule has 5 heteroatoms. The van der Waals surface area contributed by atoms with Crippen molar-refractivity contribution < 1.29 is 4.79 Å². The maximum atomic E-state index is 12.0. The van der Waals surface area contributed by atoms with Crippen molar-refractivity contribution in [1.29, 1.82) is 0 Å². The Hall–Kier alpha value is -1.91. The fraction of sp³-hybridized carbons (Fsp3) is 0.462. The number of fused-ring (bicyclic) bond motifs is 1. The first-order valence-electron chi connectivity index (χ1n) is 6.07. The van der Waals surface area contributed by atoms with Crippen molar-refractivity contribution in [2.24, 2.45) is 5.41 Å². The predicted octanol–water partition coefficient (Wildman–Crippen LogP) is 2.28.